The summed E-state index contributed by atoms with van der Waals surface area (Å²) in [5.41, 5.74) is -6.78. The van der Waals surface area contributed by atoms with E-state index < -0.39 is 60.4 Å². The molecule has 0 bridgehead atoms. The second-order valence-corrected chi connectivity index (χ2v) is 8.64. The lowest BCUT2D eigenvalue weighted by Crippen LogP contribution is -2.68. The largest absolute Gasteiger partial charge is 0.438 e. The van der Waals surface area contributed by atoms with Crippen LogP contribution in [0.25, 0.3) is 0 Å². The Kier molecular flexibility index (Phi) is 7.64. The van der Waals surface area contributed by atoms with Crippen molar-refractivity contribution in [3.8, 4) is 0 Å². The highest BCUT2D eigenvalue weighted by Crippen LogP contribution is 2.38. The van der Waals surface area contributed by atoms with Crippen LogP contribution in [-0.2, 0) is 9.59 Å². The number of carbonyl (C=O) groups is 2. The number of likely N-dealkylation sites (N-methyl/N-ethyl adjacent to an activating group) is 1. The Hall–Kier alpha value is -1.52. The molecule has 1 atom stereocenters. The van der Waals surface area contributed by atoms with Gasteiger partial charge in [0.15, 0.2) is 0 Å². The zero-order chi connectivity index (χ0) is 22.9. The summed E-state index contributed by atoms with van der Waals surface area (Å²) >= 11 is 0. The lowest BCUT2D eigenvalue weighted by atomic mass is 9.92. The van der Waals surface area contributed by atoms with Gasteiger partial charge in [-0.2, -0.15) is 26.3 Å². The summed E-state index contributed by atoms with van der Waals surface area (Å²) < 4.78 is 80.1. The molecule has 0 radical (unpaired) electrons. The Bertz CT molecular complexity index is 575. The third-order valence-electron chi connectivity index (χ3n) is 3.81. The molecule has 1 N–H and O–H groups in total. The predicted molar refractivity (Wildman–Crippen MR) is 89.9 cm³/mol. The first-order valence-corrected chi connectivity index (χ1v) is 8.55. The summed E-state index contributed by atoms with van der Waals surface area (Å²) in [5.74, 6) is -2.36. The van der Waals surface area contributed by atoms with Gasteiger partial charge in [0, 0.05) is 17.4 Å². The average Bonchev–Trinajstić information content (AvgIpc) is 2.41. The van der Waals surface area contributed by atoms with Crippen molar-refractivity contribution in [2.75, 3.05) is 19.6 Å². The molecule has 2 amide bonds. The van der Waals surface area contributed by atoms with Crippen molar-refractivity contribution in [1.29, 1.82) is 0 Å². The molecule has 0 aromatic heterocycles. The number of alkyl halides is 6. The second-order valence-electron chi connectivity index (χ2n) is 8.64. The van der Waals surface area contributed by atoms with Crippen molar-refractivity contribution in [2.24, 2.45) is 10.8 Å². The summed E-state index contributed by atoms with van der Waals surface area (Å²) in [5, 5.41) is 10.4. The minimum atomic E-state index is -5.51. The van der Waals surface area contributed by atoms with Crippen molar-refractivity contribution in [1.82, 2.24) is 9.80 Å². The van der Waals surface area contributed by atoms with Gasteiger partial charge in [-0.05, 0) is 6.92 Å². The summed E-state index contributed by atoms with van der Waals surface area (Å²) in [6.45, 7) is 4.41. The normalized spacial score (nSPS) is 15.8. The van der Waals surface area contributed by atoms with Gasteiger partial charge in [-0.15, -0.1) is 0 Å². The summed E-state index contributed by atoms with van der Waals surface area (Å²) in [6.07, 6.45) is -10.5. The maximum Gasteiger partial charge on any atom is 0.438 e. The Morgan fingerprint density at radius 3 is 1.43 bits per heavy atom. The maximum absolute atomic E-state index is 13.8. The summed E-state index contributed by atoms with van der Waals surface area (Å²) in [4.78, 5) is 24.8. The highest BCUT2D eigenvalue weighted by Gasteiger charge is 2.61. The van der Waals surface area contributed by atoms with Crippen LogP contribution in [0.2, 0.25) is 0 Å². The van der Waals surface area contributed by atoms with Crippen LogP contribution < -0.4 is 0 Å². The Balaban J connectivity index is 6.37. The Morgan fingerprint density at radius 2 is 1.18 bits per heavy atom. The molecule has 0 aromatic carbocycles. The van der Waals surface area contributed by atoms with Crippen LogP contribution in [0.15, 0.2) is 0 Å². The van der Waals surface area contributed by atoms with Gasteiger partial charge < -0.3 is 14.9 Å². The number of hydrogen-bond donors (Lipinski definition) is 1. The predicted octanol–water partition coefficient (Wildman–Crippen LogP) is 3.57. The van der Waals surface area contributed by atoms with Gasteiger partial charge in [-0.3, -0.25) is 9.59 Å². The lowest BCUT2D eigenvalue weighted by molar-refractivity contribution is -0.316. The van der Waals surface area contributed by atoms with E-state index in [-0.39, 0.29) is 9.80 Å². The van der Waals surface area contributed by atoms with E-state index in [4.69, 9.17) is 0 Å². The molecular weight excluding hydrogens is 394 g/mol. The van der Waals surface area contributed by atoms with Gasteiger partial charge >= 0.3 is 12.4 Å². The van der Waals surface area contributed by atoms with Crippen LogP contribution in [0.3, 0.4) is 0 Å². The van der Waals surface area contributed by atoms with Gasteiger partial charge in [-0.1, -0.05) is 41.5 Å². The minimum Gasteiger partial charge on any atom is -0.362 e. The van der Waals surface area contributed by atoms with E-state index in [0.29, 0.717) is 0 Å². The van der Waals surface area contributed by atoms with Crippen LogP contribution in [0.4, 0.5) is 26.3 Å². The molecule has 166 valence electrons. The van der Waals surface area contributed by atoms with Crippen molar-refractivity contribution in [2.45, 2.75) is 66.5 Å². The van der Waals surface area contributed by atoms with Gasteiger partial charge in [0.25, 0.3) is 5.72 Å². The van der Waals surface area contributed by atoms with Crippen LogP contribution in [0.1, 0.15) is 48.5 Å². The molecule has 28 heavy (non-hydrogen) atoms. The zero-order valence-corrected chi connectivity index (χ0v) is 17.0. The molecule has 0 saturated carbocycles. The number of hydrogen-bond acceptors (Lipinski definition) is 3. The number of halogens is 6. The van der Waals surface area contributed by atoms with E-state index in [1.54, 1.807) is 0 Å². The van der Waals surface area contributed by atoms with Crippen molar-refractivity contribution < 1.29 is 41.0 Å². The zero-order valence-electron chi connectivity index (χ0n) is 17.0. The fourth-order valence-electron chi connectivity index (χ4n) is 2.46. The Morgan fingerprint density at radius 1 is 0.786 bits per heavy atom. The van der Waals surface area contributed by atoms with E-state index in [9.17, 15) is 41.0 Å². The summed E-state index contributed by atoms with van der Waals surface area (Å²) in [6, 6.07) is 0. The smallest absolute Gasteiger partial charge is 0.362 e. The Labute approximate surface area is 160 Å². The quantitative estimate of drug-likeness (QED) is 0.544. The number of aliphatic hydroxyl groups is 1. The molecule has 0 heterocycles. The highest BCUT2D eigenvalue weighted by atomic mass is 19.4. The molecule has 0 aliphatic rings. The van der Waals surface area contributed by atoms with Crippen LogP contribution >= 0.6 is 0 Å². The van der Waals surface area contributed by atoms with Crippen molar-refractivity contribution >= 4 is 11.8 Å². The van der Waals surface area contributed by atoms with Crippen molar-refractivity contribution in [3.05, 3.63) is 0 Å². The molecule has 0 aromatic rings. The van der Waals surface area contributed by atoms with E-state index in [0.717, 1.165) is 6.92 Å². The first-order chi connectivity index (χ1) is 12.1. The monoisotopic (exact) mass is 422 g/mol. The van der Waals surface area contributed by atoms with Gasteiger partial charge in [-0.25, -0.2) is 0 Å². The first-order valence-electron chi connectivity index (χ1n) is 8.55. The topological polar surface area (TPSA) is 60.9 Å². The van der Waals surface area contributed by atoms with E-state index in [1.807, 2.05) is 0 Å². The first kappa shape index (κ1) is 26.5. The molecule has 0 unspecified atom stereocenters. The average molecular weight is 422 g/mol. The third-order valence-corrected chi connectivity index (χ3v) is 3.81. The van der Waals surface area contributed by atoms with Crippen molar-refractivity contribution in [3.63, 3.8) is 0 Å². The van der Waals surface area contributed by atoms with Gasteiger partial charge in [0.05, 0.1) is 6.54 Å². The highest BCUT2D eigenvalue weighted by molar-refractivity contribution is 5.83. The standard InChI is InChI=1S/C17H28F6N2O3/c1-8-25(12(27)14(5,6)7)15(28,17(21,22)23)9-24(10-16(18,19)20)11(26)13(2,3)4/h28H,8-10H2,1-7H3/t15-/m1/s1. The third kappa shape index (κ3) is 6.52. The summed E-state index contributed by atoms with van der Waals surface area (Å²) in [7, 11) is 0. The number of carbonyl (C=O) groups excluding carboxylic acids is 2. The molecule has 0 spiro atoms. The van der Waals surface area contributed by atoms with Crippen LogP contribution in [0, 0.1) is 10.8 Å². The van der Waals surface area contributed by atoms with E-state index in [2.05, 4.69) is 0 Å². The van der Waals surface area contributed by atoms with E-state index >= 15 is 0 Å². The molecule has 0 fully saturated rings. The minimum absolute atomic E-state index is 0.0618. The number of nitrogens with zero attached hydrogens (tertiary/aromatic N) is 2. The SMILES string of the molecule is CCN(C(=O)C(C)(C)C)[C@@](O)(CN(CC(F)(F)F)C(=O)C(C)(C)C)C(F)(F)F. The number of rotatable bonds is 5. The fraction of sp³-hybridized carbons (Fsp3) is 0.882. The molecule has 5 nitrogen and oxygen atoms in total. The maximum atomic E-state index is 13.8. The number of amides is 2. The molecule has 0 aliphatic carbocycles. The lowest BCUT2D eigenvalue weighted by Gasteiger charge is -2.45. The van der Waals surface area contributed by atoms with Crippen LogP contribution in [-0.4, -0.2) is 64.4 Å². The van der Waals surface area contributed by atoms with E-state index in [1.165, 1.54) is 41.5 Å². The molecule has 0 saturated heterocycles. The molecular formula is C17H28F6N2O3. The molecule has 0 aliphatic heterocycles. The van der Waals surface area contributed by atoms with Crippen LogP contribution in [0.5, 0.6) is 0 Å². The molecule has 11 heteroatoms. The van der Waals surface area contributed by atoms with Gasteiger partial charge in [0.1, 0.15) is 6.54 Å². The molecule has 0 rings (SSSR count). The second kappa shape index (κ2) is 8.08. The fourth-order valence-corrected chi connectivity index (χ4v) is 2.46. The van der Waals surface area contributed by atoms with Gasteiger partial charge in [0.2, 0.25) is 11.8 Å².